The van der Waals surface area contributed by atoms with Gasteiger partial charge in [-0.2, -0.15) is 5.26 Å². The molecule has 0 amide bonds. The SMILES string of the molecule is CCCCCC1CCC(C2OCC(C#N)(C(=O)OC3CCC(C)CC3)CO2)CC1. The Morgan fingerprint density at radius 3 is 2.28 bits per heavy atom. The summed E-state index contributed by atoms with van der Waals surface area (Å²) in [5.74, 6) is 1.45. The second kappa shape index (κ2) is 10.8. The number of carbonyl (C=O) groups excluding carboxylic acids is 1. The monoisotopic (exact) mass is 405 g/mol. The van der Waals surface area contributed by atoms with Crippen LogP contribution < -0.4 is 0 Å². The van der Waals surface area contributed by atoms with Gasteiger partial charge in [-0.15, -0.1) is 0 Å². The summed E-state index contributed by atoms with van der Waals surface area (Å²) in [5.41, 5.74) is -1.31. The summed E-state index contributed by atoms with van der Waals surface area (Å²) in [5, 5.41) is 9.71. The second-order valence-electron chi connectivity index (χ2n) is 9.75. The van der Waals surface area contributed by atoms with Crippen molar-refractivity contribution in [3.63, 3.8) is 0 Å². The Morgan fingerprint density at radius 2 is 1.69 bits per heavy atom. The van der Waals surface area contributed by atoms with E-state index in [-0.39, 0.29) is 25.6 Å². The number of rotatable bonds is 7. The fraction of sp³-hybridized carbons (Fsp3) is 0.917. The van der Waals surface area contributed by atoms with Crippen LogP contribution in [-0.2, 0) is 19.0 Å². The molecule has 1 aliphatic heterocycles. The van der Waals surface area contributed by atoms with Gasteiger partial charge in [0.15, 0.2) is 6.29 Å². The summed E-state index contributed by atoms with van der Waals surface area (Å²) in [6.45, 7) is 4.66. The topological polar surface area (TPSA) is 68.5 Å². The summed E-state index contributed by atoms with van der Waals surface area (Å²) in [6.07, 6.45) is 13.6. The Kier molecular flexibility index (Phi) is 8.38. The van der Waals surface area contributed by atoms with E-state index in [1.54, 1.807) is 0 Å². The maximum absolute atomic E-state index is 12.7. The van der Waals surface area contributed by atoms with Crippen molar-refractivity contribution in [3.8, 4) is 6.07 Å². The van der Waals surface area contributed by atoms with Crippen molar-refractivity contribution in [1.82, 2.24) is 0 Å². The van der Waals surface area contributed by atoms with Gasteiger partial charge in [0.25, 0.3) is 0 Å². The standard InChI is InChI=1S/C24H39NO4/c1-3-4-5-6-19-9-11-20(12-10-19)22-27-16-24(15-25,17-28-22)23(26)29-21-13-7-18(2)8-14-21/h18-22H,3-14,16-17H2,1-2H3. The van der Waals surface area contributed by atoms with Crippen molar-refractivity contribution in [3.05, 3.63) is 0 Å². The number of unbranched alkanes of at least 4 members (excludes halogenated alkanes) is 2. The zero-order valence-corrected chi connectivity index (χ0v) is 18.4. The summed E-state index contributed by atoms with van der Waals surface area (Å²) >= 11 is 0. The molecular weight excluding hydrogens is 366 g/mol. The maximum atomic E-state index is 12.7. The van der Waals surface area contributed by atoms with Gasteiger partial charge in [-0.25, -0.2) is 0 Å². The molecule has 5 heteroatoms. The molecule has 0 spiro atoms. The summed E-state index contributed by atoms with van der Waals surface area (Å²) in [6, 6.07) is 2.15. The van der Waals surface area contributed by atoms with Crippen molar-refractivity contribution >= 4 is 5.97 Å². The highest BCUT2D eigenvalue weighted by molar-refractivity contribution is 5.80. The molecule has 3 fully saturated rings. The first-order valence-electron chi connectivity index (χ1n) is 11.9. The Hall–Kier alpha value is -1.12. The van der Waals surface area contributed by atoms with Gasteiger partial charge in [0.1, 0.15) is 6.10 Å². The molecule has 164 valence electrons. The van der Waals surface area contributed by atoms with Gasteiger partial charge >= 0.3 is 5.97 Å². The molecule has 1 heterocycles. The van der Waals surface area contributed by atoms with Gasteiger partial charge in [0.2, 0.25) is 5.41 Å². The number of nitrogens with zero attached hydrogens (tertiary/aromatic N) is 1. The molecule has 2 aliphatic carbocycles. The lowest BCUT2D eigenvalue weighted by atomic mass is 9.79. The van der Waals surface area contributed by atoms with E-state index in [4.69, 9.17) is 14.2 Å². The Balaban J connectivity index is 1.43. The van der Waals surface area contributed by atoms with Crippen LogP contribution in [0.4, 0.5) is 0 Å². The summed E-state index contributed by atoms with van der Waals surface area (Å²) in [7, 11) is 0. The van der Waals surface area contributed by atoms with E-state index in [1.807, 2.05) is 0 Å². The zero-order chi connectivity index (χ0) is 20.7. The lowest BCUT2D eigenvalue weighted by molar-refractivity contribution is -0.247. The van der Waals surface area contributed by atoms with Crippen molar-refractivity contribution < 1.29 is 19.0 Å². The minimum absolute atomic E-state index is 0.0652. The first-order chi connectivity index (χ1) is 14.1. The van der Waals surface area contributed by atoms with Crippen LogP contribution in [0.1, 0.15) is 90.9 Å². The molecule has 3 aliphatic rings. The molecule has 0 aromatic heterocycles. The predicted molar refractivity (Wildman–Crippen MR) is 111 cm³/mol. The average molecular weight is 406 g/mol. The van der Waals surface area contributed by atoms with E-state index in [9.17, 15) is 10.1 Å². The third-order valence-corrected chi connectivity index (χ3v) is 7.32. The van der Waals surface area contributed by atoms with E-state index >= 15 is 0 Å². The molecule has 0 aromatic carbocycles. The van der Waals surface area contributed by atoms with Gasteiger partial charge in [-0.1, -0.05) is 39.5 Å². The van der Waals surface area contributed by atoms with Crippen molar-refractivity contribution in [2.45, 2.75) is 103 Å². The molecule has 0 radical (unpaired) electrons. The van der Waals surface area contributed by atoms with Crippen LogP contribution in [0, 0.1) is 34.5 Å². The number of carbonyl (C=O) groups is 1. The second-order valence-corrected chi connectivity index (χ2v) is 9.75. The summed E-state index contributed by atoms with van der Waals surface area (Å²) < 4.78 is 17.6. The lowest BCUT2D eigenvalue weighted by Gasteiger charge is -2.40. The molecule has 0 N–H and O–H groups in total. The molecular formula is C24H39NO4. The largest absolute Gasteiger partial charge is 0.461 e. The normalized spacial score (nSPS) is 38.2. The van der Waals surface area contributed by atoms with Crippen LogP contribution in [0.25, 0.3) is 0 Å². The highest BCUT2D eigenvalue weighted by Crippen LogP contribution is 2.38. The Morgan fingerprint density at radius 1 is 1.03 bits per heavy atom. The van der Waals surface area contributed by atoms with Crippen LogP contribution in [-0.4, -0.2) is 31.6 Å². The number of ether oxygens (including phenoxy) is 3. The Bertz CT molecular complexity index is 548. The van der Waals surface area contributed by atoms with Gasteiger partial charge in [0.05, 0.1) is 19.3 Å². The maximum Gasteiger partial charge on any atom is 0.331 e. The van der Waals surface area contributed by atoms with Crippen LogP contribution in [0.15, 0.2) is 0 Å². The van der Waals surface area contributed by atoms with E-state index in [0.717, 1.165) is 44.4 Å². The molecule has 0 bridgehead atoms. The molecule has 0 atom stereocenters. The Labute approximate surface area is 176 Å². The van der Waals surface area contributed by atoms with Crippen LogP contribution in [0.5, 0.6) is 0 Å². The molecule has 2 saturated carbocycles. The first kappa shape index (κ1) is 22.6. The molecule has 3 rings (SSSR count). The van der Waals surface area contributed by atoms with Crippen molar-refractivity contribution in [2.24, 2.45) is 23.2 Å². The molecule has 1 saturated heterocycles. The number of hydrogen-bond donors (Lipinski definition) is 0. The molecule has 5 nitrogen and oxygen atoms in total. The number of esters is 1. The smallest absolute Gasteiger partial charge is 0.331 e. The third-order valence-electron chi connectivity index (χ3n) is 7.32. The number of nitriles is 1. The van der Waals surface area contributed by atoms with Crippen molar-refractivity contribution in [2.75, 3.05) is 13.2 Å². The van der Waals surface area contributed by atoms with E-state index in [2.05, 4.69) is 19.9 Å². The van der Waals surface area contributed by atoms with Crippen molar-refractivity contribution in [1.29, 1.82) is 5.26 Å². The van der Waals surface area contributed by atoms with Gasteiger partial charge in [-0.05, 0) is 63.2 Å². The van der Waals surface area contributed by atoms with Crippen LogP contribution in [0.2, 0.25) is 0 Å². The van der Waals surface area contributed by atoms with Crippen LogP contribution in [0.3, 0.4) is 0 Å². The third kappa shape index (κ3) is 5.95. The highest BCUT2D eigenvalue weighted by atomic mass is 16.7. The van der Waals surface area contributed by atoms with E-state index in [0.29, 0.717) is 11.8 Å². The van der Waals surface area contributed by atoms with Gasteiger partial charge in [-0.3, -0.25) is 4.79 Å². The highest BCUT2D eigenvalue weighted by Gasteiger charge is 2.48. The molecule has 0 unspecified atom stereocenters. The quantitative estimate of drug-likeness (QED) is 0.420. The summed E-state index contributed by atoms with van der Waals surface area (Å²) in [4.78, 5) is 12.7. The lowest BCUT2D eigenvalue weighted by Crippen LogP contribution is -2.50. The van der Waals surface area contributed by atoms with Gasteiger partial charge < -0.3 is 14.2 Å². The zero-order valence-electron chi connectivity index (χ0n) is 18.4. The van der Waals surface area contributed by atoms with E-state index < -0.39 is 11.4 Å². The molecule has 29 heavy (non-hydrogen) atoms. The predicted octanol–water partition coefficient (Wildman–Crippen LogP) is 5.38. The van der Waals surface area contributed by atoms with Crippen LogP contribution >= 0.6 is 0 Å². The number of hydrogen-bond acceptors (Lipinski definition) is 5. The van der Waals surface area contributed by atoms with Gasteiger partial charge in [0, 0.05) is 5.92 Å². The minimum Gasteiger partial charge on any atom is -0.461 e. The fourth-order valence-electron chi connectivity index (χ4n) is 5.08. The average Bonchev–Trinajstić information content (AvgIpc) is 2.76. The van der Waals surface area contributed by atoms with E-state index in [1.165, 1.54) is 38.5 Å². The minimum atomic E-state index is -1.31. The molecule has 0 aromatic rings. The fourth-order valence-corrected chi connectivity index (χ4v) is 5.08. The first-order valence-corrected chi connectivity index (χ1v) is 11.9.